The maximum absolute atomic E-state index is 4.43. The molecule has 0 spiro atoms. The summed E-state index contributed by atoms with van der Waals surface area (Å²) in [5.74, 6) is 1.85. The van der Waals surface area contributed by atoms with Gasteiger partial charge >= 0.3 is 0 Å². The lowest BCUT2D eigenvalue weighted by Gasteiger charge is -2.31. The van der Waals surface area contributed by atoms with Crippen LogP contribution >= 0.6 is 24.0 Å². The van der Waals surface area contributed by atoms with E-state index in [2.05, 4.69) is 65.3 Å². The van der Waals surface area contributed by atoms with Crippen LogP contribution in [0.2, 0.25) is 0 Å². The van der Waals surface area contributed by atoms with Gasteiger partial charge in [0.15, 0.2) is 5.96 Å². The SMILES string of the molecule is CCN1CCC(CCNC(=NC)N(C)Cc2ccc(C)cc2)CC1.I. The fourth-order valence-corrected chi connectivity index (χ4v) is 3.41. The summed E-state index contributed by atoms with van der Waals surface area (Å²) in [7, 11) is 3.97. The molecule has 25 heavy (non-hydrogen) atoms. The minimum Gasteiger partial charge on any atom is -0.356 e. The molecule has 2 rings (SSSR count). The molecule has 1 aromatic carbocycles. The van der Waals surface area contributed by atoms with Crippen LogP contribution in [0.25, 0.3) is 0 Å². The van der Waals surface area contributed by atoms with Gasteiger partial charge in [-0.3, -0.25) is 4.99 Å². The molecule has 4 nitrogen and oxygen atoms in total. The molecule has 0 aliphatic carbocycles. The molecule has 1 aliphatic heterocycles. The second-order valence-electron chi connectivity index (χ2n) is 6.98. The van der Waals surface area contributed by atoms with E-state index in [-0.39, 0.29) is 24.0 Å². The number of rotatable bonds is 6. The monoisotopic (exact) mass is 458 g/mol. The van der Waals surface area contributed by atoms with Gasteiger partial charge in [0.05, 0.1) is 0 Å². The molecule has 1 fully saturated rings. The van der Waals surface area contributed by atoms with Crippen LogP contribution in [0.15, 0.2) is 29.3 Å². The molecular weight excluding hydrogens is 423 g/mol. The topological polar surface area (TPSA) is 30.9 Å². The number of aryl methyl sites for hydroxylation is 1. The average Bonchev–Trinajstić information content (AvgIpc) is 2.61. The lowest BCUT2D eigenvalue weighted by molar-refractivity contribution is 0.187. The lowest BCUT2D eigenvalue weighted by atomic mass is 9.93. The van der Waals surface area contributed by atoms with Crippen molar-refractivity contribution in [3.05, 3.63) is 35.4 Å². The van der Waals surface area contributed by atoms with Crippen molar-refractivity contribution in [2.24, 2.45) is 10.9 Å². The van der Waals surface area contributed by atoms with E-state index in [1.165, 1.54) is 50.0 Å². The van der Waals surface area contributed by atoms with Gasteiger partial charge in [0.2, 0.25) is 0 Å². The maximum atomic E-state index is 4.43. The molecule has 5 heteroatoms. The highest BCUT2D eigenvalue weighted by Gasteiger charge is 2.17. The summed E-state index contributed by atoms with van der Waals surface area (Å²) < 4.78 is 0. The molecule has 1 aliphatic rings. The molecule has 0 saturated carbocycles. The van der Waals surface area contributed by atoms with E-state index in [4.69, 9.17) is 0 Å². The summed E-state index contributed by atoms with van der Waals surface area (Å²) in [5.41, 5.74) is 2.62. The number of hydrogen-bond donors (Lipinski definition) is 1. The molecule has 0 atom stereocenters. The van der Waals surface area contributed by atoms with Gasteiger partial charge in [-0.05, 0) is 57.3 Å². The molecule has 0 unspecified atom stereocenters. The second-order valence-corrected chi connectivity index (χ2v) is 6.98. The molecule has 1 N–H and O–H groups in total. The molecule has 0 aromatic heterocycles. The maximum Gasteiger partial charge on any atom is 0.193 e. The van der Waals surface area contributed by atoms with Crippen molar-refractivity contribution in [2.75, 3.05) is 40.3 Å². The number of nitrogens with one attached hydrogen (secondary N) is 1. The molecule has 142 valence electrons. The summed E-state index contributed by atoms with van der Waals surface area (Å²) in [6.45, 7) is 10.0. The van der Waals surface area contributed by atoms with E-state index in [0.717, 1.165) is 25.0 Å². The van der Waals surface area contributed by atoms with E-state index in [1.807, 2.05) is 7.05 Å². The first kappa shape index (κ1) is 22.2. The predicted molar refractivity (Wildman–Crippen MR) is 119 cm³/mol. The number of guanidine groups is 1. The quantitative estimate of drug-likeness (QED) is 0.400. The summed E-state index contributed by atoms with van der Waals surface area (Å²) in [6.07, 6.45) is 3.93. The fraction of sp³-hybridized carbons (Fsp3) is 0.650. The standard InChI is InChI=1S/C20H34N4.HI/c1-5-24-14-11-18(12-15-24)10-13-22-20(21-3)23(4)16-19-8-6-17(2)7-9-19;/h6-9,18H,5,10-16H2,1-4H3,(H,21,22);1H. The van der Waals surface area contributed by atoms with Crippen LogP contribution in [0.3, 0.4) is 0 Å². The zero-order valence-electron chi connectivity index (χ0n) is 16.3. The van der Waals surface area contributed by atoms with Gasteiger partial charge in [-0.1, -0.05) is 36.8 Å². The average molecular weight is 458 g/mol. The Kier molecular flexibility index (Phi) is 10.4. The number of piperidine rings is 1. The van der Waals surface area contributed by atoms with Gasteiger partial charge in [-0.25, -0.2) is 0 Å². The summed E-state index contributed by atoms with van der Waals surface area (Å²) in [4.78, 5) is 9.19. The Labute approximate surface area is 171 Å². The van der Waals surface area contributed by atoms with Crippen molar-refractivity contribution >= 4 is 29.9 Å². The molecule has 0 bridgehead atoms. The van der Waals surface area contributed by atoms with Crippen LogP contribution in [0, 0.1) is 12.8 Å². The van der Waals surface area contributed by atoms with Crippen molar-refractivity contribution in [2.45, 2.75) is 39.7 Å². The van der Waals surface area contributed by atoms with Crippen molar-refractivity contribution in [3.63, 3.8) is 0 Å². The Morgan fingerprint density at radius 1 is 1.24 bits per heavy atom. The smallest absolute Gasteiger partial charge is 0.193 e. The highest BCUT2D eigenvalue weighted by Crippen LogP contribution is 2.19. The lowest BCUT2D eigenvalue weighted by Crippen LogP contribution is -2.40. The van der Waals surface area contributed by atoms with Gasteiger partial charge in [-0.15, -0.1) is 24.0 Å². The van der Waals surface area contributed by atoms with E-state index in [9.17, 15) is 0 Å². The van der Waals surface area contributed by atoms with Crippen LogP contribution in [0.1, 0.15) is 37.3 Å². The molecule has 1 saturated heterocycles. The van der Waals surface area contributed by atoms with Crippen molar-refractivity contribution in [1.82, 2.24) is 15.1 Å². The first-order valence-corrected chi connectivity index (χ1v) is 9.32. The number of benzene rings is 1. The molecule has 0 radical (unpaired) electrons. The Morgan fingerprint density at radius 3 is 2.44 bits per heavy atom. The second kappa shape index (κ2) is 11.7. The number of hydrogen-bond acceptors (Lipinski definition) is 2. The predicted octanol–water partition coefficient (Wildman–Crippen LogP) is 3.74. The van der Waals surface area contributed by atoms with E-state index < -0.39 is 0 Å². The fourth-order valence-electron chi connectivity index (χ4n) is 3.41. The highest BCUT2D eigenvalue weighted by molar-refractivity contribution is 14.0. The van der Waals surface area contributed by atoms with Gasteiger partial charge in [0, 0.05) is 27.2 Å². The molecular formula is C20H35IN4. The Hall–Kier alpha value is -0.820. The van der Waals surface area contributed by atoms with Crippen LogP contribution in [-0.2, 0) is 6.54 Å². The Morgan fingerprint density at radius 2 is 1.88 bits per heavy atom. The number of aliphatic imine (C=N–C) groups is 1. The highest BCUT2D eigenvalue weighted by atomic mass is 127. The number of nitrogens with zero attached hydrogens (tertiary/aromatic N) is 3. The first-order chi connectivity index (χ1) is 11.6. The minimum absolute atomic E-state index is 0. The van der Waals surface area contributed by atoms with E-state index >= 15 is 0 Å². The van der Waals surface area contributed by atoms with Crippen LogP contribution in [0.5, 0.6) is 0 Å². The Balaban J connectivity index is 0.00000312. The number of halogens is 1. The first-order valence-electron chi connectivity index (χ1n) is 9.32. The van der Waals surface area contributed by atoms with Crippen LogP contribution in [-0.4, -0.2) is 56.0 Å². The van der Waals surface area contributed by atoms with Gasteiger partial charge in [0.1, 0.15) is 0 Å². The van der Waals surface area contributed by atoms with Crippen LogP contribution < -0.4 is 5.32 Å². The molecule has 0 amide bonds. The third-order valence-corrected chi connectivity index (χ3v) is 5.10. The van der Waals surface area contributed by atoms with Crippen molar-refractivity contribution < 1.29 is 0 Å². The Bertz CT molecular complexity index is 507. The largest absolute Gasteiger partial charge is 0.356 e. The van der Waals surface area contributed by atoms with Gasteiger partial charge < -0.3 is 15.1 Å². The van der Waals surface area contributed by atoms with Gasteiger partial charge in [0.25, 0.3) is 0 Å². The zero-order valence-corrected chi connectivity index (χ0v) is 18.6. The minimum atomic E-state index is 0. The molecule has 1 heterocycles. The summed E-state index contributed by atoms with van der Waals surface area (Å²) in [6, 6.07) is 8.73. The van der Waals surface area contributed by atoms with Gasteiger partial charge in [-0.2, -0.15) is 0 Å². The van der Waals surface area contributed by atoms with Crippen LogP contribution in [0.4, 0.5) is 0 Å². The van der Waals surface area contributed by atoms with Crippen molar-refractivity contribution in [1.29, 1.82) is 0 Å². The number of likely N-dealkylation sites (tertiary alicyclic amines) is 1. The normalized spacial score (nSPS) is 16.4. The third kappa shape index (κ3) is 7.52. The summed E-state index contributed by atoms with van der Waals surface area (Å²) >= 11 is 0. The zero-order chi connectivity index (χ0) is 17.4. The van der Waals surface area contributed by atoms with E-state index in [1.54, 1.807) is 0 Å². The van der Waals surface area contributed by atoms with Crippen molar-refractivity contribution in [3.8, 4) is 0 Å². The third-order valence-electron chi connectivity index (χ3n) is 5.10. The van der Waals surface area contributed by atoms with E-state index in [0.29, 0.717) is 0 Å². The molecule has 1 aromatic rings. The summed E-state index contributed by atoms with van der Waals surface area (Å²) in [5, 5.41) is 3.54.